The van der Waals surface area contributed by atoms with E-state index in [9.17, 15) is 9.90 Å². The zero-order valence-corrected chi connectivity index (χ0v) is 12.5. The van der Waals surface area contributed by atoms with E-state index in [0.29, 0.717) is 12.3 Å². The van der Waals surface area contributed by atoms with Crippen LogP contribution < -0.4 is 0 Å². The Kier molecular flexibility index (Phi) is 5.49. The molecule has 0 amide bonds. The van der Waals surface area contributed by atoms with Crippen LogP contribution in [0.3, 0.4) is 0 Å². The number of esters is 1. The van der Waals surface area contributed by atoms with Gasteiger partial charge in [0, 0.05) is 11.6 Å². The molecule has 116 valence electrons. The molecule has 1 N–H and O–H groups in total. The van der Waals surface area contributed by atoms with Gasteiger partial charge in [0.05, 0.1) is 12.2 Å². The first-order chi connectivity index (χ1) is 10.6. The second-order valence-electron chi connectivity index (χ2n) is 4.90. The summed E-state index contributed by atoms with van der Waals surface area (Å²) in [4.78, 5) is 11.8. The van der Waals surface area contributed by atoms with Gasteiger partial charge in [0.15, 0.2) is 5.76 Å². The normalized spacial score (nSPS) is 11.9. The van der Waals surface area contributed by atoms with Gasteiger partial charge < -0.3 is 14.4 Å². The quantitative estimate of drug-likeness (QED) is 0.483. The maximum absolute atomic E-state index is 11.8. The molecule has 1 unspecified atom stereocenters. The Morgan fingerprint density at radius 2 is 2.14 bits per heavy atom. The Labute approximate surface area is 129 Å². The first kappa shape index (κ1) is 16.0. The molecular weight excluding hydrogens is 282 g/mol. The van der Waals surface area contributed by atoms with Crippen molar-refractivity contribution >= 4 is 5.97 Å². The highest BCUT2D eigenvalue weighted by Crippen LogP contribution is 2.26. The number of aromatic nitrogens is 1. The number of hydrogen-bond acceptors (Lipinski definition) is 5. The van der Waals surface area contributed by atoms with E-state index in [1.165, 1.54) is 0 Å². The van der Waals surface area contributed by atoms with Gasteiger partial charge in [-0.15, -0.1) is 0 Å². The minimum absolute atomic E-state index is 0.0631. The summed E-state index contributed by atoms with van der Waals surface area (Å²) in [7, 11) is 0. The number of carbonyl (C=O) groups is 1. The molecule has 1 heterocycles. The van der Waals surface area contributed by atoms with Gasteiger partial charge in [0.2, 0.25) is 0 Å². The lowest BCUT2D eigenvalue weighted by atomic mass is 10.1. The summed E-state index contributed by atoms with van der Waals surface area (Å²) in [5.74, 6) is -0.463. The summed E-state index contributed by atoms with van der Waals surface area (Å²) in [6.07, 6.45) is 0.430. The molecule has 0 aliphatic rings. The number of aliphatic hydroxyl groups is 1. The van der Waals surface area contributed by atoms with Crippen LogP contribution in [0.2, 0.25) is 0 Å². The van der Waals surface area contributed by atoms with E-state index >= 15 is 0 Å². The molecule has 0 saturated carbocycles. The minimum atomic E-state index is -1.26. The molecule has 0 aliphatic heterocycles. The van der Waals surface area contributed by atoms with Crippen molar-refractivity contribution in [2.24, 2.45) is 0 Å². The van der Waals surface area contributed by atoms with Crippen molar-refractivity contribution in [3.63, 3.8) is 0 Å². The van der Waals surface area contributed by atoms with Gasteiger partial charge >= 0.3 is 5.97 Å². The van der Waals surface area contributed by atoms with E-state index in [2.05, 4.69) is 11.7 Å². The summed E-state index contributed by atoms with van der Waals surface area (Å²) in [5, 5.41) is 14.0. The molecule has 0 aliphatic carbocycles. The maximum atomic E-state index is 11.8. The van der Waals surface area contributed by atoms with Crippen LogP contribution in [-0.4, -0.2) is 22.8 Å². The molecular formula is C17H19NO4. The highest BCUT2D eigenvalue weighted by Gasteiger charge is 2.23. The number of rotatable bonds is 7. The fourth-order valence-corrected chi connectivity index (χ4v) is 1.85. The van der Waals surface area contributed by atoms with Crippen LogP contribution in [-0.2, 0) is 9.53 Å². The molecule has 1 atom stereocenters. The van der Waals surface area contributed by atoms with Crippen LogP contribution in [0.25, 0.3) is 11.3 Å². The van der Waals surface area contributed by atoms with Crippen LogP contribution >= 0.6 is 0 Å². The Morgan fingerprint density at radius 3 is 2.82 bits per heavy atom. The minimum Gasteiger partial charge on any atom is -0.462 e. The van der Waals surface area contributed by atoms with Gasteiger partial charge in [-0.1, -0.05) is 55.4 Å². The van der Waals surface area contributed by atoms with Crippen molar-refractivity contribution in [1.82, 2.24) is 5.16 Å². The van der Waals surface area contributed by atoms with Crippen LogP contribution in [0.15, 0.2) is 53.1 Å². The van der Waals surface area contributed by atoms with Gasteiger partial charge in [-0.25, -0.2) is 4.79 Å². The predicted molar refractivity (Wildman–Crippen MR) is 81.9 cm³/mol. The molecule has 2 rings (SSSR count). The van der Waals surface area contributed by atoms with Crippen molar-refractivity contribution in [3.05, 3.63) is 54.3 Å². The summed E-state index contributed by atoms with van der Waals surface area (Å²) < 4.78 is 10.1. The van der Waals surface area contributed by atoms with E-state index in [4.69, 9.17) is 9.26 Å². The lowest BCUT2D eigenvalue weighted by Gasteiger charge is -2.10. The molecule has 0 saturated heterocycles. The number of nitrogens with zero attached hydrogens (tertiary/aromatic N) is 1. The van der Waals surface area contributed by atoms with E-state index in [1.54, 1.807) is 6.07 Å². The highest BCUT2D eigenvalue weighted by atomic mass is 16.5. The molecule has 22 heavy (non-hydrogen) atoms. The number of unbranched alkanes of at least 4 members (excludes halogenated alkanes) is 1. The standard InChI is InChI=1S/C17H19NO4/c1-3-4-10-21-17(20)12(2)16(19)15-11-14(18-22-15)13-8-6-5-7-9-13/h5-9,11,16,19H,2-4,10H2,1H3. The largest absolute Gasteiger partial charge is 0.462 e. The van der Waals surface area contributed by atoms with Gasteiger partial charge in [-0.05, 0) is 6.42 Å². The number of ether oxygens (including phenoxy) is 1. The third kappa shape index (κ3) is 3.83. The third-order valence-corrected chi connectivity index (χ3v) is 3.19. The predicted octanol–water partition coefficient (Wildman–Crippen LogP) is 3.27. The molecule has 1 aromatic heterocycles. The maximum Gasteiger partial charge on any atom is 0.336 e. The Bertz CT molecular complexity index is 633. The molecule has 2 aromatic rings. The number of carbonyl (C=O) groups excluding carboxylic acids is 1. The second kappa shape index (κ2) is 7.56. The zero-order chi connectivity index (χ0) is 15.9. The Balaban J connectivity index is 2.04. The summed E-state index contributed by atoms with van der Waals surface area (Å²) in [6.45, 7) is 5.89. The summed E-state index contributed by atoms with van der Waals surface area (Å²) >= 11 is 0. The van der Waals surface area contributed by atoms with Crippen LogP contribution in [0, 0.1) is 0 Å². The second-order valence-corrected chi connectivity index (χ2v) is 4.90. The summed E-state index contributed by atoms with van der Waals surface area (Å²) in [6, 6.07) is 11.0. The van der Waals surface area contributed by atoms with Gasteiger partial charge in [-0.2, -0.15) is 0 Å². The van der Waals surface area contributed by atoms with Gasteiger partial charge in [0.1, 0.15) is 11.8 Å². The average Bonchev–Trinajstić information content (AvgIpc) is 3.04. The van der Waals surface area contributed by atoms with E-state index < -0.39 is 12.1 Å². The zero-order valence-electron chi connectivity index (χ0n) is 12.5. The smallest absolute Gasteiger partial charge is 0.336 e. The van der Waals surface area contributed by atoms with E-state index in [-0.39, 0.29) is 11.3 Å². The van der Waals surface area contributed by atoms with Crippen LogP contribution in [0.5, 0.6) is 0 Å². The van der Waals surface area contributed by atoms with Crippen molar-refractivity contribution in [2.45, 2.75) is 25.9 Å². The molecule has 0 radical (unpaired) electrons. The average molecular weight is 301 g/mol. The first-order valence-electron chi connectivity index (χ1n) is 7.19. The molecule has 0 fully saturated rings. The van der Waals surface area contributed by atoms with Crippen LogP contribution in [0.1, 0.15) is 31.6 Å². The van der Waals surface area contributed by atoms with Crippen LogP contribution in [0.4, 0.5) is 0 Å². The third-order valence-electron chi connectivity index (χ3n) is 3.19. The SMILES string of the molecule is C=C(C(=O)OCCCC)C(O)c1cc(-c2ccccc2)no1. The monoisotopic (exact) mass is 301 g/mol. The number of aliphatic hydroxyl groups excluding tert-OH is 1. The number of benzene rings is 1. The number of hydrogen-bond donors (Lipinski definition) is 1. The van der Waals surface area contributed by atoms with Crippen molar-refractivity contribution in [1.29, 1.82) is 0 Å². The van der Waals surface area contributed by atoms with Crippen molar-refractivity contribution < 1.29 is 19.2 Å². The molecule has 1 aromatic carbocycles. The Morgan fingerprint density at radius 1 is 1.41 bits per heavy atom. The Hall–Kier alpha value is -2.40. The van der Waals surface area contributed by atoms with E-state index in [1.807, 2.05) is 37.3 Å². The highest BCUT2D eigenvalue weighted by molar-refractivity contribution is 5.89. The fourth-order valence-electron chi connectivity index (χ4n) is 1.85. The van der Waals surface area contributed by atoms with Crippen molar-refractivity contribution in [3.8, 4) is 11.3 Å². The van der Waals surface area contributed by atoms with Gasteiger partial charge in [0.25, 0.3) is 0 Å². The lowest BCUT2D eigenvalue weighted by Crippen LogP contribution is -2.14. The van der Waals surface area contributed by atoms with Gasteiger partial charge in [-0.3, -0.25) is 0 Å². The molecule has 0 bridgehead atoms. The molecule has 5 heteroatoms. The van der Waals surface area contributed by atoms with E-state index in [0.717, 1.165) is 18.4 Å². The fraction of sp³-hybridized carbons (Fsp3) is 0.294. The summed E-state index contributed by atoms with van der Waals surface area (Å²) in [5.41, 5.74) is 1.38. The lowest BCUT2D eigenvalue weighted by molar-refractivity contribution is -0.140. The topological polar surface area (TPSA) is 72.6 Å². The molecule has 0 spiro atoms. The molecule has 5 nitrogen and oxygen atoms in total. The van der Waals surface area contributed by atoms with Crippen molar-refractivity contribution in [2.75, 3.05) is 6.61 Å². The first-order valence-corrected chi connectivity index (χ1v) is 7.19.